The Balaban J connectivity index is 1.70. The smallest absolute Gasteiger partial charge is 0.308 e. The lowest BCUT2D eigenvalue weighted by molar-refractivity contribution is -0.149. The van der Waals surface area contributed by atoms with Crippen molar-refractivity contribution in [1.82, 2.24) is 9.80 Å². The van der Waals surface area contributed by atoms with E-state index in [1.54, 1.807) is 18.2 Å². The van der Waals surface area contributed by atoms with Gasteiger partial charge in [0.1, 0.15) is 5.75 Å². The molecule has 8 heteroatoms. The van der Waals surface area contributed by atoms with Crippen LogP contribution in [0.1, 0.15) is 57.6 Å². The summed E-state index contributed by atoms with van der Waals surface area (Å²) in [6, 6.07) is 12.8. The van der Waals surface area contributed by atoms with Gasteiger partial charge in [0.05, 0.1) is 22.1 Å². The van der Waals surface area contributed by atoms with Crippen LogP contribution in [0, 0.1) is 5.92 Å². The van der Waals surface area contributed by atoms with Crippen LogP contribution in [0.3, 0.4) is 0 Å². The van der Waals surface area contributed by atoms with Crippen LogP contribution in [-0.2, 0) is 21.4 Å². The van der Waals surface area contributed by atoms with Crippen molar-refractivity contribution in [3.8, 4) is 5.75 Å². The Morgan fingerprint density at radius 2 is 1.98 bits per heavy atom. The molecule has 0 radical (unpaired) electrons. The molecular formula is C32H40Cl2N2O4. The Kier molecular flexibility index (Phi) is 9.66. The van der Waals surface area contributed by atoms with E-state index in [4.69, 9.17) is 27.9 Å². The van der Waals surface area contributed by atoms with Crippen LogP contribution in [0.25, 0.3) is 0 Å². The largest absolute Gasteiger partial charge is 0.427 e. The third-order valence-electron chi connectivity index (χ3n) is 8.40. The minimum Gasteiger partial charge on any atom is -0.427 e. The van der Waals surface area contributed by atoms with Crippen LogP contribution in [0.5, 0.6) is 5.75 Å². The number of aliphatic hydroxyl groups is 1. The standard InChI is InChI=1S/C32H40Cl2N2O4/c1-5-14-35-15-13-31(25-7-6-8-27(18-25)40-23(4)37)19-26(11-12-32(31,39)21-35)36(20-22(2)3)30(38)17-24-9-10-28(33)29(34)16-24/h5-10,16,18,22,26,39H,1,11-15,17,19-21H2,2-4H3. The van der Waals surface area contributed by atoms with Crippen LogP contribution in [0.2, 0.25) is 10.0 Å². The van der Waals surface area contributed by atoms with Gasteiger partial charge >= 0.3 is 5.97 Å². The zero-order chi connectivity index (χ0) is 29.1. The fourth-order valence-electron chi connectivity index (χ4n) is 6.63. The van der Waals surface area contributed by atoms with Gasteiger partial charge in [-0.15, -0.1) is 6.58 Å². The Hall–Kier alpha value is -2.38. The molecule has 1 saturated carbocycles. The number of fused-ring (bicyclic) bond motifs is 1. The van der Waals surface area contributed by atoms with Gasteiger partial charge in [-0.3, -0.25) is 14.5 Å². The van der Waals surface area contributed by atoms with E-state index in [-0.39, 0.29) is 30.3 Å². The first kappa shape index (κ1) is 30.6. The highest BCUT2D eigenvalue weighted by molar-refractivity contribution is 6.42. The van der Waals surface area contributed by atoms with Crippen molar-refractivity contribution in [1.29, 1.82) is 0 Å². The molecule has 2 aromatic carbocycles. The van der Waals surface area contributed by atoms with E-state index in [0.717, 1.165) is 17.7 Å². The molecule has 1 amide bonds. The number of ether oxygens (including phenoxy) is 1. The third-order valence-corrected chi connectivity index (χ3v) is 9.14. The molecule has 6 nitrogen and oxygen atoms in total. The highest BCUT2D eigenvalue weighted by Crippen LogP contribution is 2.53. The molecule has 3 unspecified atom stereocenters. The van der Waals surface area contributed by atoms with Gasteiger partial charge in [0.15, 0.2) is 0 Å². The molecule has 4 rings (SSSR count). The lowest BCUT2D eigenvalue weighted by Crippen LogP contribution is -2.67. The molecule has 1 aliphatic heterocycles. The Morgan fingerprint density at radius 3 is 2.65 bits per heavy atom. The second-order valence-corrected chi connectivity index (χ2v) is 12.6. The average Bonchev–Trinajstić information content (AvgIpc) is 2.89. The summed E-state index contributed by atoms with van der Waals surface area (Å²) in [4.78, 5) is 29.8. The molecule has 0 bridgehead atoms. The predicted octanol–water partition coefficient (Wildman–Crippen LogP) is 6.06. The molecule has 1 heterocycles. The molecule has 0 spiro atoms. The second kappa shape index (κ2) is 12.6. The van der Waals surface area contributed by atoms with Crippen LogP contribution < -0.4 is 4.74 Å². The lowest BCUT2D eigenvalue weighted by atomic mass is 9.55. The van der Waals surface area contributed by atoms with Crippen molar-refractivity contribution in [2.24, 2.45) is 5.92 Å². The summed E-state index contributed by atoms with van der Waals surface area (Å²) in [6.07, 6.45) is 4.69. The number of hydrogen-bond acceptors (Lipinski definition) is 5. The van der Waals surface area contributed by atoms with Crippen LogP contribution >= 0.6 is 23.2 Å². The molecule has 1 saturated heterocycles. The number of rotatable bonds is 9. The Morgan fingerprint density at radius 1 is 1.20 bits per heavy atom. The Labute approximate surface area is 247 Å². The maximum absolute atomic E-state index is 13.8. The first-order valence-corrected chi connectivity index (χ1v) is 14.8. The Bertz CT molecular complexity index is 1250. The number of likely N-dealkylation sites (tertiary alicyclic amines) is 1. The van der Waals surface area contributed by atoms with Crippen molar-refractivity contribution in [2.45, 2.75) is 69.9 Å². The molecule has 2 aromatic rings. The summed E-state index contributed by atoms with van der Waals surface area (Å²) in [5, 5.41) is 13.3. The van der Waals surface area contributed by atoms with Gasteiger partial charge in [0, 0.05) is 38.0 Å². The quantitative estimate of drug-likeness (QED) is 0.220. The van der Waals surface area contributed by atoms with Gasteiger partial charge in [-0.1, -0.05) is 61.3 Å². The van der Waals surface area contributed by atoms with Crippen molar-refractivity contribution < 1.29 is 19.4 Å². The molecule has 2 aliphatic rings. The van der Waals surface area contributed by atoms with Gasteiger partial charge in [0.2, 0.25) is 5.91 Å². The number of carbonyl (C=O) groups is 2. The van der Waals surface area contributed by atoms with Crippen molar-refractivity contribution in [2.75, 3.05) is 26.2 Å². The van der Waals surface area contributed by atoms with Crippen molar-refractivity contribution >= 4 is 35.1 Å². The number of benzene rings is 2. The maximum Gasteiger partial charge on any atom is 0.308 e. The molecule has 1 aliphatic carbocycles. The van der Waals surface area contributed by atoms with Crippen molar-refractivity contribution in [3.63, 3.8) is 0 Å². The predicted molar refractivity (Wildman–Crippen MR) is 160 cm³/mol. The van der Waals surface area contributed by atoms with E-state index >= 15 is 0 Å². The van der Waals surface area contributed by atoms with Gasteiger partial charge in [-0.25, -0.2) is 0 Å². The molecule has 1 N–H and O–H groups in total. The number of carbonyl (C=O) groups excluding carboxylic acids is 2. The van der Waals surface area contributed by atoms with Gasteiger partial charge < -0.3 is 14.7 Å². The highest BCUT2D eigenvalue weighted by Gasteiger charge is 2.58. The number of amides is 1. The zero-order valence-electron chi connectivity index (χ0n) is 23.7. The lowest BCUT2D eigenvalue weighted by Gasteiger charge is -2.59. The van der Waals surface area contributed by atoms with E-state index in [1.807, 2.05) is 35.2 Å². The molecule has 40 heavy (non-hydrogen) atoms. The molecule has 3 atom stereocenters. The van der Waals surface area contributed by atoms with E-state index in [1.165, 1.54) is 6.92 Å². The number of nitrogens with zero attached hydrogens (tertiary/aromatic N) is 2. The number of esters is 1. The summed E-state index contributed by atoms with van der Waals surface area (Å²) in [6.45, 7) is 12.1. The van der Waals surface area contributed by atoms with E-state index < -0.39 is 11.0 Å². The number of β-amino-alcohol motifs (C(OH)–C–C–N with tert-alkyl or cyclic N) is 1. The minimum atomic E-state index is -1.00. The van der Waals surface area contributed by atoms with E-state index in [0.29, 0.717) is 61.1 Å². The van der Waals surface area contributed by atoms with Crippen LogP contribution in [0.4, 0.5) is 0 Å². The van der Waals surface area contributed by atoms with E-state index in [2.05, 4.69) is 25.3 Å². The summed E-state index contributed by atoms with van der Waals surface area (Å²) in [7, 11) is 0. The van der Waals surface area contributed by atoms with Crippen LogP contribution in [0.15, 0.2) is 55.1 Å². The van der Waals surface area contributed by atoms with Gasteiger partial charge in [0.25, 0.3) is 0 Å². The average molecular weight is 588 g/mol. The summed E-state index contributed by atoms with van der Waals surface area (Å²) in [5.41, 5.74) is 0.152. The SMILES string of the molecule is C=CCN1CCC2(c3cccc(OC(C)=O)c3)CC(N(CC(C)C)C(=O)Cc3ccc(Cl)c(Cl)c3)CCC2(O)C1. The van der Waals surface area contributed by atoms with Crippen molar-refractivity contribution in [3.05, 3.63) is 76.3 Å². The van der Waals surface area contributed by atoms with Gasteiger partial charge in [-0.2, -0.15) is 0 Å². The second-order valence-electron chi connectivity index (χ2n) is 11.8. The topological polar surface area (TPSA) is 70.1 Å². The zero-order valence-corrected chi connectivity index (χ0v) is 25.2. The number of piperidine rings is 1. The third kappa shape index (κ3) is 6.57. The molecule has 2 fully saturated rings. The normalized spacial score (nSPS) is 24.8. The summed E-state index contributed by atoms with van der Waals surface area (Å²) < 4.78 is 5.44. The minimum absolute atomic E-state index is 0.0374. The molecular weight excluding hydrogens is 547 g/mol. The number of halogens is 2. The molecule has 216 valence electrons. The van der Waals surface area contributed by atoms with Crippen LogP contribution in [-0.4, -0.2) is 64.6 Å². The number of hydrogen-bond donors (Lipinski definition) is 1. The summed E-state index contributed by atoms with van der Waals surface area (Å²) >= 11 is 12.3. The maximum atomic E-state index is 13.8. The van der Waals surface area contributed by atoms with E-state index in [9.17, 15) is 14.7 Å². The first-order valence-electron chi connectivity index (χ1n) is 14.0. The van der Waals surface area contributed by atoms with Gasteiger partial charge in [-0.05, 0) is 73.5 Å². The fourth-order valence-corrected chi connectivity index (χ4v) is 6.95. The first-order chi connectivity index (χ1) is 19.0. The molecule has 0 aromatic heterocycles. The highest BCUT2D eigenvalue weighted by atomic mass is 35.5. The monoisotopic (exact) mass is 586 g/mol. The summed E-state index contributed by atoms with van der Waals surface area (Å²) in [5.74, 6) is 0.391. The fraction of sp³-hybridized carbons (Fsp3) is 0.500.